The first-order valence-electron chi connectivity index (χ1n) is 9.53. The maximum Gasteiger partial charge on any atom is 0.340 e. The van der Waals surface area contributed by atoms with Gasteiger partial charge in [0.2, 0.25) is 0 Å². The largest absolute Gasteiger partial charge is 0.465 e. The van der Waals surface area contributed by atoms with E-state index in [9.17, 15) is 14.4 Å². The monoisotopic (exact) mass is 458 g/mol. The fraction of sp³-hybridized carbons (Fsp3) is 0.227. The molecule has 3 aromatic rings. The summed E-state index contributed by atoms with van der Waals surface area (Å²) < 4.78 is 12.3. The Hall–Kier alpha value is -3.10. The number of aromatic nitrogens is 1. The van der Waals surface area contributed by atoms with Crippen LogP contribution in [-0.2, 0) is 22.4 Å². The predicted molar refractivity (Wildman–Crippen MR) is 118 cm³/mol. The van der Waals surface area contributed by atoms with E-state index in [0.29, 0.717) is 39.8 Å². The van der Waals surface area contributed by atoms with Gasteiger partial charge in [-0.25, -0.2) is 9.59 Å². The lowest BCUT2D eigenvalue weighted by molar-refractivity contribution is 0.0556. The van der Waals surface area contributed by atoms with Crippen LogP contribution in [0.3, 0.4) is 0 Å². The number of esters is 2. The fourth-order valence-corrected chi connectivity index (χ4v) is 4.81. The topological polar surface area (TPSA) is 86.6 Å². The summed E-state index contributed by atoms with van der Waals surface area (Å²) in [4.78, 5) is 37.8. The van der Waals surface area contributed by atoms with Gasteiger partial charge in [0.15, 0.2) is 0 Å². The maximum atomic E-state index is 12.7. The SMILES string of the molecule is COC(=O)c1c(C(=O)OC)c(-c2cccc(NC(=O)c3ccsc3Cl)c2)n2c1CCC2. The average molecular weight is 459 g/mol. The van der Waals surface area contributed by atoms with Crippen molar-refractivity contribution in [3.63, 3.8) is 0 Å². The number of carbonyl (C=O) groups is 3. The first-order chi connectivity index (χ1) is 15.0. The number of amides is 1. The molecule has 0 unspecified atom stereocenters. The van der Waals surface area contributed by atoms with Crippen LogP contribution in [-0.4, -0.2) is 36.6 Å². The molecule has 0 radical (unpaired) electrons. The fourth-order valence-electron chi connectivity index (χ4n) is 3.90. The summed E-state index contributed by atoms with van der Waals surface area (Å²) in [6, 6.07) is 8.75. The lowest BCUT2D eigenvalue weighted by Gasteiger charge is -2.11. The van der Waals surface area contributed by atoms with Crippen LogP contribution in [0, 0.1) is 0 Å². The molecule has 0 saturated heterocycles. The highest BCUT2D eigenvalue weighted by molar-refractivity contribution is 7.14. The number of carbonyl (C=O) groups excluding carboxylic acids is 3. The number of hydrogen-bond acceptors (Lipinski definition) is 6. The number of rotatable bonds is 5. The molecule has 0 aliphatic carbocycles. The number of halogens is 1. The second kappa shape index (κ2) is 8.56. The van der Waals surface area contributed by atoms with E-state index >= 15 is 0 Å². The Kier molecular flexibility index (Phi) is 5.84. The first kappa shape index (κ1) is 21.1. The number of nitrogens with one attached hydrogen (secondary N) is 1. The second-order valence-electron chi connectivity index (χ2n) is 6.93. The van der Waals surface area contributed by atoms with Crippen LogP contribution in [0.5, 0.6) is 0 Å². The molecule has 9 heteroatoms. The van der Waals surface area contributed by atoms with E-state index in [4.69, 9.17) is 21.1 Å². The lowest BCUT2D eigenvalue weighted by Crippen LogP contribution is -2.12. The molecule has 1 N–H and O–H groups in total. The zero-order valence-corrected chi connectivity index (χ0v) is 18.4. The zero-order valence-electron chi connectivity index (χ0n) is 16.9. The standard InChI is InChI=1S/C22H19ClN2O5S/c1-29-21(27)16-15-7-4-9-25(15)18(17(16)22(28)30-2)12-5-3-6-13(11-12)24-20(26)14-8-10-31-19(14)23/h3,5-6,8,10-11H,4,7,9H2,1-2H3,(H,24,26). The molecular formula is C22H19ClN2O5S. The number of ether oxygens (including phenoxy) is 2. The Morgan fingerprint density at radius 1 is 1.10 bits per heavy atom. The van der Waals surface area contributed by atoms with E-state index in [2.05, 4.69) is 5.32 Å². The third-order valence-corrected chi connectivity index (χ3v) is 6.37. The first-order valence-corrected chi connectivity index (χ1v) is 10.8. The number of benzene rings is 1. The van der Waals surface area contributed by atoms with Crippen molar-refractivity contribution < 1.29 is 23.9 Å². The van der Waals surface area contributed by atoms with Crippen LogP contribution >= 0.6 is 22.9 Å². The lowest BCUT2D eigenvalue weighted by atomic mass is 10.0. The minimum Gasteiger partial charge on any atom is -0.465 e. The van der Waals surface area contributed by atoms with Crippen molar-refractivity contribution in [3.8, 4) is 11.3 Å². The molecule has 31 heavy (non-hydrogen) atoms. The van der Waals surface area contributed by atoms with Crippen molar-refractivity contribution in [2.45, 2.75) is 19.4 Å². The van der Waals surface area contributed by atoms with Gasteiger partial charge in [-0.2, -0.15) is 0 Å². The summed E-state index contributed by atoms with van der Waals surface area (Å²) in [7, 11) is 2.56. The molecule has 7 nitrogen and oxygen atoms in total. The second-order valence-corrected chi connectivity index (χ2v) is 8.44. The quantitative estimate of drug-likeness (QED) is 0.563. The van der Waals surface area contributed by atoms with E-state index in [1.165, 1.54) is 25.6 Å². The molecule has 0 atom stereocenters. The van der Waals surface area contributed by atoms with Crippen molar-refractivity contribution in [2.75, 3.05) is 19.5 Å². The molecule has 1 amide bonds. The van der Waals surface area contributed by atoms with E-state index < -0.39 is 11.9 Å². The predicted octanol–water partition coefficient (Wildman–Crippen LogP) is 4.64. The van der Waals surface area contributed by atoms with Crippen LogP contribution in [0.25, 0.3) is 11.3 Å². The molecule has 4 rings (SSSR count). The number of nitrogens with zero attached hydrogens (tertiary/aromatic N) is 1. The van der Waals surface area contributed by atoms with Crippen molar-refractivity contribution in [1.29, 1.82) is 0 Å². The van der Waals surface area contributed by atoms with E-state index in [1.807, 2.05) is 10.6 Å². The van der Waals surface area contributed by atoms with Gasteiger partial charge in [0, 0.05) is 23.5 Å². The van der Waals surface area contributed by atoms with Gasteiger partial charge < -0.3 is 19.4 Å². The molecule has 1 aliphatic heterocycles. The van der Waals surface area contributed by atoms with E-state index in [-0.39, 0.29) is 17.0 Å². The summed E-state index contributed by atoms with van der Waals surface area (Å²) in [5.74, 6) is -1.52. The van der Waals surface area contributed by atoms with Crippen LogP contribution in [0.1, 0.15) is 43.2 Å². The number of methoxy groups -OCH3 is 2. The van der Waals surface area contributed by atoms with Gasteiger partial charge in [0.05, 0.1) is 31.0 Å². The minimum atomic E-state index is -0.614. The Bertz CT molecular complexity index is 1200. The van der Waals surface area contributed by atoms with Crippen molar-refractivity contribution in [1.82, 2.24) is 4.57 Å². The molecule has 0 bridgehead atoms. The van der Waals surface area contributed by atoms with Gasteiger partial charge >= 0.3 is 11.9 Å². The maximum absolute atomic E-state index is 12.7. The van der Waals surface area contributed by atoms with Crippen LogP contribution < -0.4 is 5.32 Å². The number of hydrogen-bond donors (Lipinski definition) is 1. The Morgan fingerprint density at radius 2 is 1.84 bits per heavy atom. The number of anilines is 1. The highest BCUT2D eigenvalue weighted by Crippen LogP contribution is 2.37. The molecule has 0 spiro atoms. The van der Waals surface area contributed by atoms with Gasteiger partial charge in [0.25, 0.3) is 5.91 Å². The highest BCUT2D eigenvalue weighted by atomic mass is 35.5. The molecular weight excluding hydrogens is 440 g/mol. The van der Waals surface area contributed by atoms with Crippen LogP contribution in [0.4, 0.5) is 5.69 Å². The van der Waals surface area contributed by atoms with Gasteiger partial charge in [0.1, 0.15) is 9.90 Å². The number of thiophene rings is 1. The highest BCUT2D eigenvalue weighted by Gasteiger charge is 2.34. The van der Waals surface area contributed by atoms with Gasteiger partial charge in [-0.3, -0.25) is 4.79 Å². The Morgan fingerprint density at radius 3 is 2.52 bits per heavy atom. The van der Waals surface area contributed by atoms with Crippen molar-refractivity contribution in [2.24, 2.45) is 0 Å². The third-order valence-electron chi connectivity index (χ3n) is 5.20. The molecule has 3 heterocycles. The summed E-state index contributed by atoms with van der Waals surface area (Å²) in [6.45, 7) is 0.659. The molecule has 2 aromatic heterocycles. The van der Waals surface area contributed by atoms with E-state index in [1.54, 1.807) is 29.6 Å². The van der Waals surface area contributed by atoms with Crippen molar-refractivity contribution >= 4 is 46.5 Å². The summed E-state index contributed by atoms with van der Waals surface area (Å²) in [6.07, 6.45) is 1.50. The van der Waals surface area contributed by atoms with Crippen LogP contribution in [0.15, 0.2) is 35.7 Å². The molecule has 1 aromatic carbocycles. The Balaban J connectivity index is 1.81. The summed E-state index contributed by atoms with van der Waals surface area (Å²) in [5, 5.41) is 4.58. The smallest absolute Gasteiger partial charge is 0.340 e. The Labute approximate surface area is 187 Å². The molecule has 160 valence electrons. The minimum absolute atomic E-state index is 0.174. The number of fused-ring (bicyclic) bond motifs is 1. The van der Waals surface area contributed by atoms with E-state index in [0.717, 1.165) is 12.1 Å². The summed E-state index contributed by atoms with van der Waals surface area (Å²) in [5.41, 5.74) is 3.34. The molecule has 1 aliphatic rings. The zero-order chi connectivity index (χ0) is 22.1. The summed E-state index contributed by atoms with van der Waals surface area (Å²) >= 11 is 7.35. The van der Waals surface area contributed by atoms with Gasteiger partial charge in [-0.05, 0) is 36.4 Å². The van der Waals surface area contributed by atoms with Gasteiger partial charge in [-0.15, -0.1) is 11.3 Å². The third kappa shape index (κ3) is 3.73. The molecule has 0 saturated carbocycles. The normalized spacial score (nSPS) is 12.4. The van der Waals surface area contributed by atoms with Crippen molar-refractivity contribution in [3.05, 3.63) is 62.4 Å². The van der Waals surface area contributed by atoms with Gasteiger partial charge in [-0.1, -0.05) is 23.7 Å². The molecule has 0 fully saturated rings. The van der Waals surface area contributed by atoms with Crippen LogP contribution in [0.2, 0.25) is 4.34 Å². The average Bonchev–Trinajstić information content (AvgIpc) is 3.47.